The number of aromatic amines is 1. The van der Waals surface area contributed by atoms with Crippen LogP contribution >= 0.6 is 34.8 Å². The Bertz CT molecular complexity index is 5220. The van der Waals surface area contributed by atoms with Crippen LogP contribution in [0.1, 0.15) is 63.1 Å². The Balaban J connectivity index is 0.000000148. The molecule has 24 atom stereocenters. The number of nitrogen functional groups attached to an aromatic ring is 3. The molecule has 53 heteroatoms. The summed E-state index contributed by atoms with van der Waals surface area (Å²) in [6.07, 6.45) is -15.6. The summed E-state index contributed by atoms with van der Waals surface area (Å²) >= 11 is 17.1. The fraction of sp³-hybridized carbons (Fsp3) is 0.541. The van der Waals surface area contributed by atoms with Gasteiger partial charge in [0.15, 0.2) is 114 Å². The normalized spacial score (nSPS) is 33.2. The molecule has 21 N–H and O–H groups in total. The average molecular weight is 1870 g/mol. The first-order chi connectivity index (χ1) is 60.3. The number of nitrogens with zero attached hydrogens (tertiary/aromatic N) is 16. The number of ether oxygens (including phenoxy) is 7. The minimum absolute atomic E-state index is 0.0308. The second-order valence-corrected chi connectivity index (χ2v) is 30.7. The van der Waals surface area contributed by atoms with Crippen molar-refractivity contribution in [3.8, 4) is 5.88 Å². The van der Waals surface area contributed by atoms with E-state index in [2.05, 4.69) is 68.0 Å². The van der Waals surface area contributed by atoms with Gasteiger partial charge in [-0.25, -0.2) is 84.6 Å². The van der Waals surface area contributed by atoms with Gasteiger partial charge in [-0.05, 0) is 43.5 Å². The monoisotopic (exact) mass is 1870 g/mol. The second kappa shape index (κ2) is 39.4. The summed E-state index contributed by atoms with van der Waals surface area (Å²) in [4.78, 5) is 55.3. The van der Waals surface area contributed by atoms with Gasteiger partial charge in [0.1, 0.15) is 106 Å². The Morgan fingerprint density at radius 1 is 0.535 bits per heavy atom. The summed E-state index contributed by atoms with van der Waals surface area (Å²) in [6.45, 7) is 8.58. The van der Waals surface area contributed by atoms with Crippen LogP contribution in [-0.2, 0) is 28.4 Å². The van der Waals surface area contributed by atoms with Gasteiger partial charge >= 0.3 is 11.7 Å². The molecule has 0 radical (unpaired) electrons. The van der Waals surface area contributed by atoms with Crippen LogP contribution in [0.25, 0.3) is 44.7 Å². The number of hydrogen-bond acceptors (Lipinski definition) is 35. The maximum atomic E-state index is 14.4. The molecule has 16 rings (SSSR count). The highest BCUT2D eigenvalue weighted by Crippen LogP contribution is 2.47. The Morgan fingerprint density at radius 3 is 1.27 bits per heavy atom. The number of aliphatic hydroxyl groups is 12. The van der Waals surface area contributed by atoms with E-state index in [-0.39, 0.29) is 70.8 Å². The molecule has 696 valence electrons. The maximum Gasteiger partial charge on any atom is 0.368 e. The Morgan fingerprint density at radius 2 is 0.913 bits per heavy atom. The highest BCUT2D eigenvalue weighted by Gasteiger charge is 2.62. The number of halogens is 12. The largest absolute Gasteiger partial charge is 0.458 e. The highest BCUT2D eigenvalue weighted by molar-refractivity contribution is 6.19. The Kier molecular flexibility index (Phi) is 30.5. The first-order valence-corrected chi connectivity index (χ1v) is 40.0. The van der Waals surface area contributed by atoms with Crippen LogP contribution in [-0.4, -0.2) is 324 Å². The number of aliphatic hydroxyl groups excluding tert-OH is 12. The standard InChI is InChI=1S/C14H19F2N2O4.C13H17FN4O3.C12H14ClFN4O4.C12H14ClFN4O3.C12H14F2N4O3.C11H14ClF2N3O3/c1-4-14(7-19)11(20)10(16)13(22-14)18-6-9(15)12(21-5-2)17-8(18)3;1-2-13(5-19)10(20)8(14)12(21-13)18-6-17-9-7(15)3-4-16-11(9)18;1-5-16-9-7(10(21)17-5)15-4-18(9)11-6(14)8(20)12(2-13,3-19)22-11;2*13-3-12(4-19)9(20)7(14)11(21-12)18-5-17-8-6(15)1-2-16-10(8)18;1-5-16-9(15)6(13)2-17(5)10-7(14)8(19)11(3-12,4-18)20-10/h4,6,10-11,13,19-20H,1,5,7H2,2-3H3;3-4,6,8,10,12,19-20H,2,5H2,1H3,(H2,15,16);4,6,8,11,19-20H,2-3H2,1H3,(H,16,17,21);2*1-2,5,7,9,11,19-20H,3-4H2,(H2,15,16);2,7-8,10,18-19H,1,3-4H2,(H2,15,16)/q+1;;;;;/t10-,11+,13-,14-;8-,10+,12-,13-;6-,8+,11-,12-;2*7-,9+,11-,12-;7-,8+,10-,11-/m111111/s1. The number of imidazole rings is 4. The van der Waals surface area contributed by atoms with Crippen LogP contribution < -0.4 is 37.8 Å². The lowest BCUT2D eigenvalue weighted by molar-refractivity contribution is -0.773. The molecule has 0 bridgehead atoms. The van der Waals surface area contributed by atoms with Crippen molar-refractivity contribution in [3.63, 3.8) is 0 Å². The van der Waals surface area contributed by atoms with Crippen LogP contribution in [0.15, 0.2) is 115 Å². The third-order valence-electron chi connectivity index (χ3n) is 22.3. The molecule has 0 spiro atoms. The van der Waals surface area contributed by atoms with E-state index in [4.69, 9.17) is 90.9 Å². The van der Waals surface area contributed by atoms with Gasteiger partial charge in [0.2, 0.25) is 6.23 Å². The summed E-state index contributed by atoms with van der Waals surface area (Å²) in [5, 5.41) is 116. The van der Waals surface area contributed by atoms with Crippen LogP contribution in [0.4, 0.5) is 56.6 Å². The zero-order valence-electron chi connectivity index (χ0n) is 67.4. The Hall–Kier alpha value is -9.50. The highest BCUT2D eigenvalue weighted by atomic mass is 35.5. The second-order valence-electron chi connectivity index (χ2n) is 29.9. The zero-order valence-corrected chi connectivity index (χ0v) is 69.7. The van der Waals surface area contributed by atoms with E-state index < -0.39 is 208 Å². The number of aromatic nitrogens is 15. The van der Waals surface area contributed by atoms with E-state index in [1.807, 2.05) is 0 Å². The van der Waals surface area contributed by atoms with Crippen LogP contribution in [0.3, 0.4) is 0 Å². The van der Waals surface area contributed by atoms with Crippen molar-refractivity contribution in [2.45, 2.75) is 179 Å². The SMILES string of the molecule is C=C1N=C(N)C(F)=CN1[C@@H]1O[C@@](CO)(CCl)[C@@H](O)[C@H]1F.C=C[C@]1(CO)O[C@@H]([n+]2cc(F)c(OCC)nc2C)[C@H](F)[C@@H]1O.CC[C@]1(CO)O[C@@H](n2cnc3c(N)ccnc32)[C@H](F)[C@@H]1O.Cc1nc2c(ncn2[C@@H]2O[C@@](CO)(CCl)[C@@H](O)[C@H]2F)c(=O)[nH]1.Nc1ccnc2c1ncn2[C@@H]1O[C@@](CO)(CCl)[C@@H](O)[C@H]1F.Nc1ccnc2c1ncn2[C@@H]1O[C@@](CO)(CF)[C@@H](O)[C@H]1F. The first kappa shape index (κ1) is 98.1. The number of alkyl halides is 10. The van der Waals surface area contributed by atoms with Gasteiger partial charge in [-0.2, -0.15) is 4.39 Å². The summed E-state index contributed by atoms with van der Waals surface area (Å²) < 4.78 is 170. The molecule has 0 aliphatic carbocycles. The predicted octanol–water partition coefficient (Wildman–Crippen LogP) is 0.488. The lowest BCUT2D eigenvalue weighted by Gasteiger charge is -2.31. The maximum absolute atomic E-state index is 14.4. The number of nitrogens with two attached hydrogens (primary N) is 4. The number of aliphatic imine (C=N–C) groups is 1. The van der Waals surface area contributed by atoms with E-state index in [9.17, 15) is 106 Å². The van der Waals surface area contributed by atoms with Gasteiger partial charge in [-0.15, -0.1) is 41.4 Å². The summed E-state index contributed by atoms with van der Waals surface area (Å²) in [5.41, 5.74) is 15.9. The third-order valence-corrected chi connectivity index (χ3v) is 23.6. The fourth-order valence-corrected chi connectivity index (χ4v) is 15.5. The summed E-state index contributed by atoms with van der Waals surface area (Å²) in [6, 6.07) is 4.71. The smallest absolute Gasteiger partial charge is 0.368 e. The van der Waals surface area contributed by atoms with Crippen LogP contribution in [0.5, 0.6) is 5.88 Å². The topological polar surface area (TPSA) is 600 Å². The van der Waals surface area contributed by atoms with Gasteiger partial charge < -0.3 is 127 Å². The fourth-order valence-electron chi connectivity index (χ4n) is 14.6. The average Bonchev–Trinajstić information content (AvgIpc) is 1.63. The first-order valence-electron chi connectivity index (χ1n) is 38.4. The van der Waals surface area contributed by atoms with E-state index >= 15 is 0 Å². The lowest BCUT2D eigenvalue weighted by atomic mass is 9.94. The number of fused-ring (bicyclic) bond motifs is 4. The minimum atomic E-state index is -1.99. The number of H-pyrrole nitrogens is 1. The molecule has 9 aromatic rings. The molecule has 127 heavy (non-hydrogen) atoms. The number of amidine groups is 1. The molecular weight excluding hydrogens is 1780 g/mol. The molecule has 6 saturated heterocycles. The third kappa shape index (κ3) is 17.7. The van der Waals surface area contributed by atoms with E-state index in [0.29, 0.717) is 50.7 Å². The molecule has 7 aliphatic rings. The molecule has 0 saturated carbocycles. The molecule has 41 nitrogen and oxygen atoms in total. The van der Waals surface area contributed by atoms with Crippen LogP contribution in [0, 0.1) is 19.7 Å². The minimum Gasteiger partial charge on any atom is -0.458 e. The van der Waals surface area contributed by atoms with Crippen LogP contribution in [0.2, 0.25) is 0 Å². The van der Waals surface area contributed by atoms with Crippen molar-refractivity contribution in [2.75, 3.05) is 87.8 Å². The van der Waals surface area contributed by atoms with Crippen molar-refractivity contribution in [1.29, 1.82) is 0 Å². The van der Waals surface area contributed by atoms with E-state index in [1.54, 1.807) is 32.9 Å². The van der Waals surface area contributed by atoms with Crippen molar-refractivity contribution < 1.29 is 139 Å². The number of nitrogens with one attached hydrogen (secondary N) is 1. The molecule has 9 aromatic heterocycles. The summed E-state index contributed by atoms with van der Waals surface area (Å²) in [7, 11) is 0. The summed E-state index contributed by atoms with van der Waals surface area (Å²) in [5.74, 6) is -2.58. The number of anilines is 3. The van der Waals surface area contributed by atoms with Crippen molar-refractivity contribution in [3.05, 3.63) is 133 Å². The number of aryl methyl sites for hydroxylation is 2. The van der Waals surface area contributed by atoms with E-state index in [0.717, 1.165) is 27.9 Å². The van der Waals surface area contributed by atoms with Crippen molar-refractivity contribution in [2.24, 2.45) is 10.7 Å². The zero-order chi connectivity index (χ0) is 93.2. The van der Waals surface area contributed by atoms with Gasteiger partial charge in [0.05, 0.1) is 106 Å². The van der Waals surface area contributed by atoms with Gasteiger partial charge in [0.25, 0.3) is 11.4 Å². The molecule has 0 aromatic carbocycles. The number of hydrogen-bond donors (Lipinski definition) is 17. The molecule has 7 aliphatic heterocycles. The van der Waals surface area contributed by atoms with Crippen molar-refractivity contribution >= 4 is 102 Å². The molecular formula is C74H92Cl3F9N21O20+. The quantitative estimate of drug-likeness (QED) is 0.0214. The predicted molar refractivity (Wildman–Crippen MR) is 429 cm³/mol. The van der Waals surface area contributed by atoms with Crippen molar-refractivity contribution in [1.82, 2.24) is 73.0 Å². The number of rotatable bonds is 20. The molecule has 6 fully saturated rings. The molecule has 0 amide bonds. The lowest BCUT2D eigenvalue weighted by Crippen LogP contribution is -2.48. The van der Waals surface area contributed by atoms with Gasteiger partial charge in [0, 0.05) is 31.7 Å². The number of pyridine rings is 3. The van der Waals surface area contributed by atoms with Gasteiger partial charge in [-0.3, -0.25) is 23.1 Å². The molecule has 16 heterocycles. The van der Waals surface area contributed by atoms with E-state index in [1.165, 1.54) is 75.2 Å². The van der Waals surface area contributed by atoms with Gasteiger partial charge in [-0.1, -0.05) is 19.6 Å². The molecule has 0 unspecified atom stereocenters. The Labute approximate surface area is 727 Å².